The lowest BCUT2D eigenvalue weighted by molar-refractivity contribution is -0.285. The molecule has 1 fully saturated rings. The maximum Gasteiger partial charge on any atom is 0.228 e. The first-order valence-corrected chi connectivity index (χ1v) is 10.0. The lowest BCUT2D eigenvalue weighted by atomic mass is 9.81. The minimum atomic E-state index is -2.76. The van der Waals surface area contributed by atoms with Crippen LogP contribution in [0, 0.1) is 5.92 Å². The Kier molecular flexibility index (Phi) is 6.93. The van der Waals surface area contributed by atoms with Crippen molar-refractivity contribution in [1.29, 1.82) is 0 Å². The first kappa shape index (κ1) is 20.7. The van der Waals surface area contributed by atoms with E-state index < -0.39 is 49.3 Å². The van der Waals surface area contributed by atoms with Gasteiger partial charge in [0.05, 0.1) is 31.0 Å². The van der Waals surface area contributed by atoms with Gasteiger partial charge < -0.3 is 29.7 Å². The molecule has 1 aliphatic heterocycles. The smallest absolute Gasteiger partial charge is 0.228 e. The lowest BCUT2D eigenvalue weighted by Crippen LogP contribution is -2.58. The molecule has 0 spiro atoms. The van der Waals surface area contributed by atoms with E-state index >= 15 is 0 Å². The molecule has 0 saturated carbocycles. The summed E-state index contributed by atoms with van der Waals surface area (Å²) in [4.78, 5) is 11.6. The molecule has 0 radical (unpaired) electrons. The highest BCUT2D eigenvalue weighted by atomic mass is 31.2. The summed E-state index contributed by atoms with van der Waals surface area (Å²) < 4.78 is 21.9. The third kappa shape index (κ3) is 5.90. The number of carbonyl (C=O) groups excluding carboxylic acids is 1. The number of hydrogen-bond acceptors (Lipinski definition) is 8. The van der Waals surface area contributed by atoms with Crippen LogP contribution in [0.5, 0.6) is 0 Å². The van der Waals surface area contributed by atoms with Crippen LogP contribution < -0.4 is 0 Å². The van der Waals surface area contributed by atoms with Crippen molar-refractivity contribution in [1.82, 2.24) is 0 Å². The molecule has 0 aromatic carbocycles. The van der Waals surface area contributed by atoms with Gasteiger partial charge in [0.15, 0.2) is 13.2 Å². The standard InChI is InChI=1S/C14H27O8P/c1-8(15)13-11(18)6-14(19,9(2)16)22-12(13)5-10(17)7-21-23(3,4)20/h8,10-13,15,17-19H,5-7H2,1-4H3/t8-,10+,11?,12?,13?,14?/m1/s1. The Hall–Kier alpha value is -0.340. The maximum absolute atomic E-state index is 11.6. The molecule has 0 aliphatic carbocycles. The molecule has 0 amide bonds. The lowest BCUT2D eigenvalue weighted by Gasteiger charge is -2.45. The van der Waals surface area contributed by atoms with Gasteiger partial charge >= 0.3 is 0 Å². The summed E-state index contributed by atoms with van der Waals surface area (Å²) >= 11 is 0. The quantitative estimate of drug-likeness (QED) is 0.459. The molecular formula is C14H27O8P. The van der Waals surface area contributed by atoms with Gasteiger partial charge in [-0.2, -0.15) is 0 Å². The molecule has 4 N–H and O–H groups in total. The molecule has 136 valence electrons. The number of ether oxygens (including phenoxy) is 1. The average Bonchev–Trinajstić information content (AvgIpc) is 2.34. The van der Waals surface area contributed by atoms with Crippen LogP contribution in [0.3, 0.4) is 0 Å². The van der Waals surface area contributed by atoms with Gasteiger partial charge in [0.1, 0.15) is 0 Å². The van der Waals surface area contributed by atoms with Crippen molar-refractivity contribution in [2.75, 3.05) is 19.9 Å². The molecule has 6 atom stereocenters. The van der Waals surface area contributed by atoms with Gasteiger partial charge in [-0.05, 0) is 6.92 Å². The second-order valence-electron chi connectivity index (χ2n) is 6.52. The first-order valence-electron chi connectivity index (χ1n) is 7.50. The van der Waals surface area contributed by atoms with Crippen molar-refractivity contribution in [2.24, 2.45) is 5.92 Å². The predicted octanol–water partition coefficient (Wildman–Crippen LogP) is -0.284. The van der Waals surface area contributed by atoms with Crippen LogP contribution in [-0.4, -0.2) is 76.3 Å². The van der Waals surface area contributed by atoms with Crippen LogP contribution in [0.1, 0.15) is 26.7 Å². The zero-order valence-corrected chi connectivity index (χ0v) is 14.8. The van der Waals surface area contributed by atoms with Crippen molar-refractivity contribution in [3.8, 4) is 0 Å². The molecule has 23 heavy (non-hydrogen) atoms. The Morgan fingerprint density at radius 2 is 2.00 bits per heavy atom. The van der Waals surface area contributed by atoms with Gasteiger partial charge in [-0.15, -0.1) is 0 Å². The van der Waals surface area contributed by atoms with Gasteiger partial charge in [-0.3, -0.25) is 9.36 Å². The van der Waals surface area contributed by atoms with Crippen LogP contribution in [0.4, 0.5) is 0 Å². The normalized spacial score (nSPS) is 34.9. The summed E-state index contributed by atoms with van der Waals surface area (Å²) in [7, 11) is -2.76. The number of Topliss-reactive ketones (excluding diaryl/α,β-unsaturated/α-hetero) is 1. The van der Waals surface area contributed by atoms with Crippen LogP contribution >= 0.6 is 7.37 Å². The SMILES string of the molecule is CC(=O)C1(O)CC(O)C([C@@H](C)O)C(C[C@H](O)COP(C)(C)=O)O1. The van der Waals surface area contributed by atoms with Crippen LogP contribution in [0.2, 0.25) is 0 Å². The third-order valence-corrected chi connectivity index (χ3v) is 4.67. The second kappa shape index (κ2) is 7.70. The highest BCUT2D eigenvalue weighted by Gasteiger charge is 2.50. The molecule has 0 bridgehead atoms. The molecular weight excluding hydrogens is 327 g/mol. The highest BCUT2D eigenvalue weighted by molar-refractivity contribution is 7.57. The zero-order chi connectivity index (χ0) is 18.0. The summed E-state index contributed by atoms with van der Waals surface area (Å²) in [5.74, 6) is -3.59. The fraction of sp³-hybridized carbons (Fsp3) is 0.929. The van der Waals surface area contributed by atoms with E-state index in [4.69, 9.17) is 9.26 Å². The second-order valence-corrected chi connectivity index (χ2v) is 9.29. The van der Waals surface area contributed by atoms with Crippen molar-refractivity contribution >= 4 is 13.2 Å². The monoisotopic (exact) mass is 354 g/mol. The third-order valence-electron chi connectivity index (χ3n) is 3.90. The van der Waals surface area contributed by atoms with E-state index in [9.17, 15) is 29.8 Å². The topological polar surface area (TPSA) is 134 Å². The Balaban J connectivity index is 2.84. The minimum absolute atomic E-state index is 0.0950. The molecule has 1 saturated heterocycles. The van der Waals surface area contributed by atoms with Crippen LogP contribution in [-0.2, 0) is 18.6 Å². The summed E-state index contributed by atoms with van der Waals surface area (Å²) in [5, 5.41) is 40.2. The maximum atomic E-state index is 11.6. The molecule has 4 unspecified atom stereocenters. The summed E-state index contributed by atoms with van der Waals surface area (Å²) in [5.41, 5.74) is 0. The van der Waals surface area contributed by atoms with Gasteiger partial charge in [-0.1, -0.05) is 0 Å². The van der Waals surface area contributed by atoms with E-state index in [-0.39, 0.29) is 19.4 Å². The molecule has 1 aliphatic rings. The Bertz CT molecular complexity index is 462. The fourth-order valence-corrected chi connectivity index (χ4v) is 3.24. The molecule has 1 heterocycles. The van der Waals surface area contributed by atoms with Crippen molar-refractivity contribution < 1.29 is 39.0 Å². The average molecular weight is 354 g/mol. The molecule has 8 nitrogen and oxygen atoms in total. The number of ketones is 1. The van der Waals surface area contributed by atoms with Gasteiger partial charge in [-0.25, -0.2) is 0 Å². The molecule has 9 heteroatoms. The van der Waals surface area contributed by atoms with E-state index in [0.717, 1.165) is 6.92 Å². The van der Waals surface area contributed by atoms with Crippen molar-refractivity contribution in [3.05, 3.63) is 0 Å². The highest BCUT2D eigenvalue weighted by Crippen LogP contribution is 2.39. The van der Waals surface area contributed by atoms with Gasteiger partial charge in [0.25, 0.3) is 0 Å². The number of carbonyl (C=O) groups is 1. The Morgan fingerprint density at radius 3 is 2.43 bits per heavy atom. The van der Waals surface area contributed by atoms with Gasteiger partial charge in [0.2, 0.25) is 5.79 Å². The van der Waals surface area contributed by atoms with E-state index in [1.165, 1.54) is 20.3 Å². The fourth-order valence-electron chi connectivity index (χ4n) is 2.71. The zero-order valence-electron chi connectivity index (χ0n) is 13.9. The number of aliphatic hydroxyl groups is 4. The Labute approximate surface area is 135 Å². The van der Waals surface area contributed by atoms with Crippen LogP contribution in [0.15, 0.2) is 0 Å². The number of aliphatic hydroxyl groups excluding tert-OH is 3. The van der Waals surface area contributed by atoms with Gasteiger partial charge in [0, 0.05) is 39.0 Å². The largest absolute Gasteiger partial charge is 0.393 e. The van der Waals surface area contributed by atoms with E-state index in [1.54, 1.807) is 0 Å². The molecule has 0 aromatic heterocycles. The summed E-state index contributed by atoms with van der Waals surface area (Å²) in [6.07, 6.45) is -4.62. The predicted molar refractivity (Wildman–Crippen MR) is 82.3 cm³/mol. The van der Waals surface area contributed by atoms with Crippen molar-refractivity contribution in [3.63, 3.8) is 0 Å². The van der Waals surface area contributed by atoms with E-state index in [1.807, 2.05) is 0 Å². The van der Waals surface area contributed by atoms with Crippen LogP contribution in [0.25, 0.3) is 0 Å². The molecule has 0 aromatic rings. The van der Waals surface area contributed by atoms with Crippen molar-refractivity contribution in [2.45, 2.75) is 56.9 Å². The van der Waals surface area contributed by atoms with E-state index in [0.29, 0.717) is 0 Å². The number of rotatable bonds is 7. The molecule has 1 rings (SSSR count). The first-order chi connectivity index (χ1) is 10.4. The summed E-state index contributed by atoms with van der Waals surface area (Å²) in [6.45, 7) is 5.20. The summed E-state index contributed by atoms with van der Waals surface area (Å²) in [6, 6.07) is 0. The van der Waals surface area contributed by atoms with E-state index in [2.05, 4.69) is 0 Å². The minimum Gasteiger partial charge on any atom is -0.393 e. The Morgan fingerprint density at radius 1 is 1.43 bits per heavy atom. The number of hydrogen-bond donors (Lipinski definition) is 4.